The minimum absolute atomic E-state index is 0.221. The number of amides is 1. The lowest BCUT2D eigenvalue weighted by Crippen LogP contribution is -2.50. The van der Waals surface area contributed by atoms with Crippen LogP contribution in [0.2, 0.25) is 0 Å². The first-order valence-electron chi connectivity index (χ1n) is 5.97. The molecule has 19 heavy (non-hydrogen) atoms. The molecule has 1 amide bonds. The Bertz CT molecular complexity index is 444. The lowest BCUT2D eigenvalue weighted by Gasteiger charge is -2.30. The van der Waals surface area contributed by atoms with Crippen LogP contribution < -0.4 is 5.32 Å². The lowest BCUT2D eigenvalue weighted by atomic mass is 9.93. The average molecular weight is 336 g/mol. The normalized spacial score (nSPS) is 11.5. The van der Waals surface area contributed by atoms with Gasteiger partial charge in [0.05, 0.1) is 12.1 Å². The molecule has 1 aromatic carbocycles. The number of aliphatic hydroxyl groups excluding tert-OH is 1. The highest BCUT2D eigenvalue weighted by Gasteiger charge is 2.30. The number of hydrogen-bond acceptors (Lipinski definition) is 2. The third-order valence-electron chi connectivity index (χ3n) is 3.27. The zero-order chi connectivity index (χ0) is 14.6. The number of carbonyl (C=O) groups is 1. The fraction of sp³-hybridized carbons (Fsp3) is 0.462. The maximum atomic E-state index is 13.7. The molecule has 0 radical (unpaired) electrons. The van der Waals surface area contributed by atoms with Crippen LogP contribution in [0.25, 0.3) is 0 Å². The molecule has 0 aromatic heterocycles. The van der Waals surface area contributed by atoms with Crippen molar-refractivity contribution in [1.29, 1.82) is 0 Å². The van der Waals surface area contributed by atoms with Gasteiger partial charge in [-0.05, 0) is 25.0 Å². The zero-order valence-electron chi connectivity index (χ0n) is 10.8. The van der Waals surface area contributed by atoms with E-state index in [9.17, 15) is 18.7 Å². The minimum Gasteiger partial charge on any atom is -0.394 e. The van der Waals surface area contributed by atoms with Gasteiger partial charge < -0.3 is 10.4 Å². The summed E-state index contributed by atoms with van der Waals surface area (Å²) in [6.45, 7) is 3.29. The molecule has 106 valence electrons. The second-order valence-electron chi connectivity index (χ2n) is 4.34. The number of carbonyl (C=O) groups excluding carboxylic acids is 1. The van der Waals surface area contributed by atoms with Gasteiger partial charge in [0, 0.05) is 4.47 Å². The molecule has 0 atom stereocenters. The highest BCUT2D eigenvalue weighted by atomic mass is 79.9. The van der Waals surface area contributed by atoms with Crippen LogP contribution in [-0.4, -0.2) is 23.2 Å². The molecule has 6 heteroatoms. The predicted octanol–water partition coefficient (Wildman–Crippen LogP) is 3.01. The summed E-state index contributed by atoms with van der Waals surface area (Å²) in [5.74, 6) is -2.74. The van der Waals surface area contributed by atoms with E-state index in [2.05, 4.69) is 21.2 Å². The van der Waals surface area contributed by atoms with Gasteiger partial charge in [0.1, 0.15) is 17.2 Å². The van der Waals surface area contributed by atoms with Crippen LogP contribution in [0.5, 0.6) is 0 Å². The van der Waals surface area contributed by atoms with E-state index in [0.29, 0.717) is 12.8 Å². The first kappa shape index (κ1) is 16.0. The van der Waals surface area contributed by atoms with Crippen molar-refractivity contribution in [2.24, 2.45) is 0 Å². The average Bonchev–Trinajstić information content (AvgIpc) is 2.35. The Morgan fingerprint density at radius 2 is 1.79 bits per heavy atom. The van der Waals surface area contributed by atoms with Crippen molar-refractivity contribution in [3.63, 3.8) is 0 Å². The molecule has 0 fully saturated rings. The first-order chi connectivity index (χ1) is 8.89. The molecule has 0 unspecified atom stereocenters. The van der Waals surface area contributed by atoms with Gasteiger partial charge in [-0.2, -0.15) is 0 Å². The summed E-state index contributed by atoms with van der Waals surface area (Å²) in [5.41, 5.74) is -1.49. The Kier molecular flexibility index (Phi) is 5.43. The van der Waals surface area contributed by atoms with Crippen LogP contribution in [0.3, 0.4) is 0 Å². The Balaban J connectivity index is 3.08. The number of halogens is 3. The summed E-state index contributed by atoms with van der Waals surface area (Å²) >= 11 is 2.95. The quantitative estimate of drug-likeness (QED) is 0.868. The molecular formula is C13H16BrF2NO2. The second kappa shape index (κ2) is 6.43. The molecule has 0 aliphatic rings. The van der Waals surface area contributed by atoms with Crippen molar-refractivity contribution in [2.75, 3.05) is 6.61 Å². The molecule has 1 rings (SSSR count). The van der Waals surface area contributed by atoms with Gasteiger partial charge in [0.25, 0.3) is 5.91 Å². The Morgan fingerprint density at radius 3 is 2.16 bits per heavy atom. The number of benzene rings is 1. The number of hydrogen-bond donors (Lipinski definition) is 2. The number of rotatable bonds is 5. The summed E-state index contributed by atoms with van der Waals surface area (Å²) in [7, 11) is 0. The lowest BCUT2D eigenvalue weighted by molar-refractivity contribution is 0.0809. The standard InChI is InChI=1S/C13H16BrF2NO2/c1-3-13(4-2,7-18)17-12(19)11-9(15)5-8(14)6-10(11)16/h5-6,18H,3-4,7H2,1-2H3,(H,17,19). The van der Waals surface area contributed by atoms with E-state index < -0.39 is 28.6 Å². The fourth-order valence-electron chi connectivity index (χ4n) is 1.75. The Labute approximate surface area is 119 Å². The smallest absolute Gasteiger partial charge is 0.257 e. The zero-order valence-corrected chi connectivity index (χ0v) is 12.4. The van der Waals surface area contributed by atoms with Gasteiger partial charge in [0.2, 0.25) is 0 Å². The molecule has 0 saturated heterocycles. The highest BCUT2D eigenvalue weighted by Crippen LogP contribution is 2.21. The Morgan fingerprint density at radius 1 is 1.32 bits per heavy atom. The molecular weight excluding hydrogens is 320 g/mol. The third kappa shape index (κ3) is 3.51. The SMILES string of the molecule is CCC(CC)(CO)NC(=O)c1c(F)cc(Br)cc1F. The van der Waals surface area contributed by atoms with Crippen LogP contribution in [0.15, 0.2) is 16.6 Å². The van der Waals surface area contributed by atoms with Crippen LogP contribution in [0.1, 0.15) is 37.0 Å². The van der Waals surface area contributed by atoms with Crippen molar-refractivity contribution in [3.05, 3.63) is 33.8 Å². The molecule has 2 N–H and O–H groups in total. The van der Waals surface area contributed by atoms with Crippen LogP contribution in [0, 0.1) is 11.6 Å². The van der Waals surface area contributed by atoms with Crippen molar-refractivity contribution in [2.45, 2.75) is 32.2 Å². The van der Waals surface area contributed by atoms with Crippen LogP contribution in [-0.2, 0) is 0 Å². The maximum absolute atomic E-state index is 13.7. The molecule has 0 aliphatic carbocycles. The van der Waals surface area contributed by atoms with Crippen LogP contribution in [0.4, 0.5) is 8.78 Å². The van der Waals surface area contributed by atoms with Crippen molar-refractivity contribution in [3.8, 4) is 0 Å². The summed E-state index contributed by atoms with van der Waals surface area (Å²) in [6.07, 6.45) is 0.928. The van der Waals surface area contributed by atoms with E-state index in [1.165, 1.54) is 0 Å². The van der Waals surface area contributed by atoms with Gasteiger partial charge in [-0.25, -0.2) is 8.78 Å². The summed E-state index contributed by atoms with van der Waals surface area (Å²) in [4.78, 5) is 12.0. The van der Waals surface area contributed by atoms with Gasteiger partial charge >= 0.3 is 0 Å². The molecule has 0 aliphatic heterocycles. The molecule has 0 heterocycles. The molecule has 0 spiro atoms. The largest absolute Gasteiger partial charge is 0.394 e. The topological polar surface area (TPSA) is 49.3 Å². The summed E-state index contributed by atoms with van der Waals surface area (Å²) in [5, 5.41) is 11.9. The first-order valence-corrected chi connectivity index (χ1v) is 6.76. The van der Waals surface area contributed by atoms with Crippen LogP contribution >= 0.6 is 15.9 Å². The molecule has 1 aromatic rings. The highest BCUT2D eigenvalue weighted by molar-refractivity contribution is 9.10. The van der Waals surface area contributed by atoms with E-state index in [1.807, 2.05) is 0 Å². The van der Waals surface area contributed by atoms with E-state index in [1.54, 1.807) is 13.8 Å². The summed E-state index contributed by atoms with van der Waals surface area (Å²) in [6, 6.07) is 2.05. The van der Waals surface area contributed by atoms with Crippen molar-refractivity contribution < 1.29 is 18.7 Å². The van der Waals surface area contributed by atoms with Gasteiger partial charge in [-0.15, -0.1) is 0 Å². The second-order valence-corrected chi connectivity index (χ2v) is 5.26. The fourth-order valence-corrected chi connectivity index (χ4v) is 2.15. The summed E-state index contributed by atoms with van der Waals surface area (Å²) < 4.78 is 27.5. The van der Waals surface area contributed by atoms with Crippen molar-refractivity contribution in [1.82, 2.24) is 5.32 Å². The monoisotopic (exact) mass is 335 g/mol. The van der Waals surface area contributed by atoms with Gasteiger partial charge in [0.15, 0.2) is 0 Å². The molecule has 3 nitrogen and oxygen atoms in total. The Hall–Kier alpha value is -1.01. The minimum atomic E-state index is -0.941. The van der Waals surface area contributed by atoms with E-state index >= 15 is 0 Å². The van der Waals surface area contributed by atoms with Gasteiger partial charge in [-0.1, -0.05) is 29.8 Å². The maximum Gasteiger partial charge on any atom is 0.257 e. The van der Waals surface area contributed by atoms with E-state index in [-0.39, 0.29) is 11.1 Å². The number of nitrogens with one attached hydrogen (secondary N) is 1. The molecule has 0 bridgehead atoms. The third-order valence-corrected chi connectivity index (χ3v) is 3.73. The van der Waals surface area contributed by atoms with E-state index in [4.69, 9.17) is 0 Å². The number of aliphatic hydroxyl groups is 1. The van der Waals surface area contributed by atoms with Crippen molar-refractivity contribution >= 4 is 21.8 Å². The predicted molar refractivity (Wildman–Crippen MR) is 71.9 cm³/mol. The molecule has 0 saturated carbocycles. The van der Waals surface area contributed by atoms with E-state index in [0.717, 1.165) is 12.1 Å². The van der Waals surface area contributed by atoms with Gasteiger partial charge in [-0.3, -0.25) is 4.79 Å².